The molecule has 0 aliphatic carbocycles. The molecule has 1 aromatic heterocycles. The highest BCUT2D eigenvalue weighted by Gasteiger charge is 2.13. The SMILES string of the molecule is CC(C)NCc1cnc(Oc2cccc(F)c2F)c(Cl)c1. The van der Waals surface area contributed by atoms with Crippen LogP contribution in [0.3, 0.4) is 0 Å². The minimum Gasteiger partial charge on any atom is -0.434 e. The summed E-state index contributed by atoms with van der Waals surface area (Å²) in [6.45, 7) is 4.66. The molecule has 0 amide bonds. The summed E-state index contributed by atoms with van der Waals surface area (Å²) in [6, 6.07) is 5.68. The van der Waals surface area contributed by atoms with E-state index in [0.717, 1.165) is 11.6 Å². The summed E-state index contributed by atoms with van der Waals surface area (Å²) in [5.41, 5.74) is 0.876. The average Bonchev–Trinajstić information content (AvgIpc) is 2.44. The molecule has 0 aliphatic rings. The maximum absolute atomic E-state index is 13.5. The minimum atomic E-state index is -1.07. The minimum absolute atomic E-state index is 0.0365. The lowest BCUT2D eigenvalue weighted by Crippen LogP contribution is -2.21. The molecule has 1 aromatic carbocycles. The van der Waals surface area contributed by atoms with Crippen LogP contribution in [0.1, 0.15) is 19.4 Å². The normalized spacial score (nSPS) is 11.0. The third kappa shape index (κ3) is 4.12. The van der Waals surface area contributed by atoms with Crippen LogP contribution >= 0.6 is 11.6 Å². The van der Waals surface area contributed by atoms with Gasteiger partial charge in [0.05, 0.1) is 0 Å². The molecule has 1 heterocycles. The van der Waals surface area contributed by atoms with Gasteiger partial charge >= 0.3 is 0 Å². The number of pyridine rings is 1. The molecule has 0 fully saturated rings. The Morgan fingerprint density at radius 1 is 1.33 bits per heavy atom. The van der Waals surface area contributed by atoms with Crippen molar-refractivity contribution in [3.05, 3.63) is 52.7 Å². The number of benzene rings is 1. The first kappa shape index (κ1) is 15.7. The second-order valence-electron chi connectivity index (χ2n) is 4.82. The third-order valence-electron chi connectivity index (χ3n) is 2.70. The van der Waals surface area contributed by atoms with Gasteiger partial charge in [-0.25, -0.2) is 9.37 Å². The number of aromatic nitrogens is 1. The lowest BCUT2D eigenvalue weighted by atomic mass is 10.2. The van der Waals surface area contributed by atoms with E-state index in [2.05, 4.69) is 10.3 Å². The van der Waals surface area contributed by atoms with Crippen molar-refractivity contribution in [2.24, 2.45) is 0 Å². The molecular formula is C15H15ClF2N2O. The van der Waals surface area contributed by atoms with Crippen molar-refractivity contribution < 1.29 is 13.5 Å². The predicted molar refractivity (Wildman–Crippen MR) is 77.7 cm³/mol. The Kier molecular flexibility index (Phi) is 5.09. The van der Waals surface area contributed by atoms with Crippen LogP contribution < -0.4 is 10.1 Å². The van der Waals surface area contributed by atoms with Gasteiger partial charge in [0.1, 0.15) is 5.02 Å². The highest BCUT2D eigenvalue weighted by Crippen LogP contribution is 2.30. The number of nitrogens with zero attached hydrogens (tertiary/aromatic N) is 1. The summed E-state index contributed by atoms with van der Waals surface area (Å²) in [6.07, 6.45) is 1.58. The first-order chi connectivity index (χ1) is 9.97. The third-order valence-corrected chi connectivity index (χ3v) is 2.97. The van der Waals surface area contributed by atoms with Crippen molar-refractivity contribution in [1.29, 1.82) is 0 Å². The van der Waals surface area contributed by atoms with Gasteiger partial charge in [0.2, 0.25) is 11.7 Å². The van der Waals surface area contributed by atoms with Gasteiger partial charge in [-0.05, 0) is 23.8 Å². The molecule has 6 heteroatoms. The average molecular weight is 313 g/mol. The zero-order valence-electron chi connectivity index (χ0n) is 11.7. The molecule has 0 radical (unpaired) electrons. The van der Waals surface area contributed by atoms with Crippen molar-refractivity contribution in [3.8, 4) is 11.6 Å². The van der Waals surface area contributed by atoms with Crippen LogP contribution in [0.25, 0.3) is 0 Å². The van der Waals surface area contributed by atoms with Crippen molar-refractivity contribution in [2.75, 3.05) is 0 Å². The summed E-state index contributed by atoms with van der Waals surface area (Å²) in [5.74, 6) is -2.27. The van der Waals surface area contributed by atoms with E-state index in [-0.39, 0.29) is 16.7 Å². The Morgan fingerprint density at radius 2 is 2.10 bits per heavy atom. The number of ether oxygens (including phenoxy) is 1. The summed E-state index contributed by atoms with van der Waals surface area (Å²) in [5, 5.41) is 3.46. The fraction of sp³-hybridized carbons (Fsp3) is 0.267. The van der Waals surface area contributed by atoms with Crippen LogP contribution in [0.2, 0.25) is 5.02 Å². The monoisotopic (exact) mass is 312 g/mol. The first-order valence-electron chi connectivity index (χ1n) is 6.47. The van der Waals surface area contributed by atoms with Crippen molar-refractivity contribution in [3.63, 3.8) is 0 Å². The largest absolute Gasteiger partial charge is 0.434 e. The second-order valence-corrected chi connectivity index (χ2v) is 5.23. The smallest absolute Gasteiger partial charge is 0.238 e. The Hall–Kier alpha value is -1.72. The molecule has 112 valence electrons. The van der Waals surface area contributed by atoms with Crippen LogP contribution in [-0.4, -0.2) is 11.0 Å². The molecule has 0 bridgehead atoms. The van der Waals surface area contributed by atoms with Gasteiger partial charge in [0.15, 0.2) is 11.6 Å². The molecular weight excluding hydrogens is 298 g/mol. The number of hydrogen-bond acceptors (Lipinski definition) is 3. The van der Waals surface area contributed by atoms with Gasteiger partial charge < -0.3 is 10.1 Å². The fourth-order valence-corrected chi connectivity index (χ4v) is 1.85. The summed E-state index contributed by atoms with van der Waals surface area (Å²) in [7, 11) is 0. The zero-order chi connectivity index (χ0) is 15.4. The first-order valence-corrected chi connectivity index (χ1v) is 6.85. The van der Waals surface area contributed by atoms with E-state index in [1.807, 2.05) is 13.8 Å². The van der Waals surface area contributed by atoms with E-state index in [4.69, 9.17) is 16.3 Å². The predicted octanol–water partition coefficient (Wildman–Crippen LogP) is 4.30. The van der Waals surface area contributed by atoms with Crippen LogP contribution in [-0.2, 0) is 6.54 Å². The highest BCUT2D eigenvalue weighted by molar-refractivity contribution is 6.31. The topological polar surface area (TPSA) is 34.2 Å². The van der Waals surface area contributed by atoms with Gasteiger partial charge in [-0.1, -0.05) is 31.5 Å². The van der Waals surface area contributed by atoms with Gasteiger partial charge in [-0.3, -0.25) is 0 Å². The number of hydrogen-bond donors (Lipinski definition) is 1. The standard InChI is InChI=1S/C15H15ClF2N2O/c1-9(2)19-7-10-6-11(16)15(20-8-10)21-13-5-3-4-12(17)14(13)18/h3-6,8-9,19H,7H2,1-2H3. The van der Waals surface area contributed by atoms with Crippen molar-refractivity contribution >= 4 is 11.6 Å². The van der Waals surface area contributed by atoms with Crippen molar-refractivity contribution in [2.45, 2.75) is 26.4 Å². The Bertz CT molecular complexity index is 635. The molecule has 2 aromatic rings. The maximum atomic E-state index is 13.5. The summed E-state index contributed by atoms with van der Waals surface area (Å²) in [4.78, 5) is 4.04. The van der Waals surface area contributed by atoms with Crippen LogP contribution in [0.15, 0.2) is 30.5 Å². The number of nitrogens with one attached hydrogen (secondary N) is 1. The molecule has 0 spiro atoms. The van der Waals surface area contributed by atoms with E-state index in [1.165, 1.54) is 12.1 Å². The number of rotatable bonds is 5. The molecule has 0 saturated heterocycles. The van der Waals surface area contributed by atoms with E-state index >= 15 is 0 Å². The molecule has 2 rings (SSSR count). The van der Waals surface area contributed by atoms with E-state index < -0.39 is 11.6 Å². The number of halogens is 3. The van der Waals surface area contributed by atoms with Crippen LogP contribution in [0.4, 0.5) is 8.78 Å². The highest BCUT2D eigenvalue weighted by atomic mass is 35.5. The molecule has 0 saturated carbocycles. The van der Waals surface area contributed by atoms with E-state index in [0.29, 0.717) is 12.6 Å². The fourth-order valence-electron chi connectivity index (χ4n) is 1.63. The summed E-state index contributed by atoms with van der Waals surface area (Å²) < 4.78 is 31.9. The lowest BCUT2D eigenvalue weighted by molar-refractivity contribution is 0.405. The maximum Gasteiger partial charge on any atom is 0.238 e. The zero-order valence-corrected chi connectivity index (χ0v) is 12.4. The Morgan fingerprint density at radius 3 is 2.76 bits per heavy atom. The van der Waals surface area contributed by atoms with Crippen LogP contribution in [0, 0.1) is 11.6 Å². The van der Waals surface area contributed by atoms with Gasteiger partial charge in [-0.15, -0.1) is 0 Å². The lowest BCUT2D eigenvalue weighted by Gasteiger charge is -2.11. The molecule has 0 atom stereocenters. The summed E-state index contributed by atoms with van der Waals surface area (Å²) >= 11 is 6.06. The van der Waals surface area contributed by atoms with Gasteiger partial charge in [-0.2, -0.15) is 4.39 Å². The molecule has 0 unspecified atom stereocenters. The van der Waals surface area contributed by atoms with Gasteiger partial charge in [0.25, 0.3) is 0 Å². The quantitative estimate of drug-likeness (QED) is 0.893. The molecule has 21 heavy (non-hydrogen) atoms. The Balaban J connectivity index is 2.16. The van der Waals surface area contributed by atoms with E-state index in [9.17, 15) is 8.78 Å². The van der Waals surface area contributed by atoms with Gasteiger partial charge in [0, 0.05) is 18.8 Å². The molecule has 0 aliphatic heterocycles. The van der Waals surface area contributed by atoms with Crippen molar-refractivity contribution in [1.82, 2.24) is 10.3 Å². The Labute approximate surface area is 126 Å². The van der Waals surface area contributed by atoms with E-state index in [1.54, 1.807) is 12.3 Å². The molecule has 1 N–H and O–H groups in total. The molecule has 3 nitrogen and oxygen atoms in total. The second kappa shape index (κ2) is 6.83. The van der Waals surface area contributed by atoms with Crippen LogP contribution in [0.5, 0.6) is 11.6 Å².